The molecule has 2 aromatic carbocycles. The molecule has 0 aliphatic carbocycles. The van der Waals surface area contributed by atoms with E-state index in [-0.39, 0.29) is 12.1 Å². The lowest BCUT2D eigenvalue weighted by molar-refractivity contribution is 0.485. The van der Waals surface area contributed by atoms with Crippen molar-refractivity contribution in [2.75, 3.05) is 0 Å². The number of aliphatic imine (C=N–C) groups is 1. The van der Waals surface area contributed by atoms with Gasteiger partial charge in [-0.2, -0.15) is 0 Å². The van der Waals surface area contributed by atoms with E-state index in [4.69, 9.17) is 5.73 Å². The Hall–Kier alpha value is -2.29. The van der Waals surface area contributed by atoms with E-state index in [2.05, 4.69) is 66.6 Å². The number of guanidine groups is 1. The number of nitrogens with zero attached hydrogens (tertiary/aromatic N) is 1. The summed E-state index contributed by atoms with van der Waals surface area (Å²) in [6.45, 7) is 4.27. The zero-order valence-electron chi connectivity index (χ0n) is 12.5. The molecule has 0 radical (unpaired) electrons. The minimum absolute atomic E-state index is 0.123. The molecule has 108 valence electrons. The second kappa shape index (κ2) is 5.60. The molecule has 0 saturated heterocycles. The van der Waals surface area contributed by atoms with Crippen molar-refractivity contribution in [3.05, 3.63) is 70.8 Å². The second-order valence-corrected chi connectivity index (χ2v) is 5.73. The van der Waals surface area contributed by atoms with E-state index in [0.29, 0.717) is 5.96 Å². The third kappa shape index (κ3) is 2.92. The van der Waals surface area contributed by atoms with E-state index in [1.54, 1.807) is 0 Å². The number of aryl methyl sites for hydroxylation is 2. The van der Waals surface area contributed by atoms with E-state index in [1.807, 2.05) is 6.07 Å². The van der Waals surface area contributed by atoms with E-state index < -0.39 is 0 Å². The van der Waals surface area contributed by atoms with Crippen LogP contribution >= 0.6 is 0 Å². The van der Waals surface area contributed by atoms with Crippen molar-refractivity contribution in [1.29, 1.82) is 0 Å². The predicted octanol–water partition coefficient (Wildman–Crippen LogP) is 3.39. The topological polar surface area (TPSA) is 50.4 Å². The van der Waals surface area contributed by atoms with Gasteiger partial charge in [0.15, 0.2) is 5.96 Å². The largest absolute Gasteiger partial charge is 0.370 e. The van der Waals surface area contributed by atoms with E-state index >= 15 is 0 Å². The molecule has 0 saturated carbocycles. The van der Waals surface area contributed by atoms with Gasteiger partial charge in [-0.15, -0.1) is 0 Å². The van der Waals surface area contributed by atoms with Gasteiger partial charge in [-0.1, -0.05) is 54.1 Å². The molecule has 2 atom stereocenters. The fourth-order valence-electron chi connectivity index (χ4n) is 3.03. The van der Waals surface area contributed by atoms with Gasteiger partial charge in [0.2, 0.25) is 0 Å². The van der Waals surface area contributed by atoms with Crippen LogP contribution in [0.3, 0.4) is 0 Å². The standard InChI is InChI=1S/C18H21N3/c1-12-8-9-15(13(2)10-12)17-11-16(20-18(19)21-17)14-6-4-3-5-7-14/h3-10,16-17H,11H2,1-2H3,(H3,19,20,21). The van der Waals surface area contributed by atoms with Crippen molar-refractivity contribution in [2.45, 2.75) is 32.4 Å². The number of benzene rings is 2. The van der Waals surface area contributed by atoms with Crippen LogP contribution in [-0.2, 0) is 0 Å². The number of nitrogens with one attached hydrogen (secondary N) is 1. The zero-order valence-corrected chi connectivity index (χ0v) is 12.5. The maximum Gasteiger partial charge on any atom is 0.189 e. The van der Waals surface area contributed by atoms with Crippen LogP contribution in [0, 0.1) is 13.8 Å². The third-order valence-corrected chi connectivity index (χ3v) is 4.06. The summed E-state index contributed by atoms with van der Waals surface area (Å²) in [6, 6.07) is 17.3. The first-order valence-electron chi connectivity index (χ1n) is 7.35. The lowest BCUT2D eigenvalue weighted by Crippen LogP contribution is -2.39. The molecule has 0 spiro atoms. The molecule has 2 unspecified atom stereocenters. The molecule has 3 rings (SSSR count). The smallest absolute Gasteiger partial charge is 0.189 e. The Morgan fingerprint density at radius 2 is 1.86 bits per heavy atom. The lowest BCUT2D eigenvalue weighted by atomic mass is 9.91. The van der Waals surface area contributed by atoms with Gasteiger partial charge < -0.3 is 11.1 Å². The van der Waals surface area contributed by atoms with E-state index in [0.717, 1.165) is 6.42 Å². The van der Waals surface area contributed by atoms with Crippen molar-refractivity contribution in [3.63, 3.8) is 0 Å². The average molecular weight is 279 g/mol. The quantitative estimate of drug-likeness (QED) is 0.885. The molecule has 3 N–H and O–H groups in total. The highest BCUT2D eigenvalue weighted by Crippen LogP contribution is 2.33. The molecule has 3 heteroatoms. The fourth-order valence-corrected chi connectivity index (χ4v) is 3.03. The summed E-state index contributed by atoms with van der Waals surface area (Å²) in [7, 11) is 0. The summed E-state index contributed by atoms with van der Waals surface area (Å²) < 4.78 is 0. The lowest BCUT2D eigenvalue weighted by Gasteiger charge is -2.29. The van der Waals surface area contributed by atoms with Crippen LogP contribution in [0.4, 0.5) is 0 Å². The maximum absolute atomic E-state index is 6.01. The van der Waals surface area contributed by atoms with Gasteiger partial charge in [-0.25, -0.2) is 4.99 Å². The highest BCUT2D eigenvalue weighted by molar-refractivity contribution is 5.79. The molecule has 2 aromatic rings. The molecule has 1 aliphatic heterocycles. The minimum Gasteiger partial charge on any atom is -0.370 e. The summed E-state index contributed by atoms with van der Waals surface area (Å²) in [5.74, 6) is 0.528. The first kappa shape index (κ1) is 13.7. The molecular formula is C18H21N3. The molecular weight excluding hydrogens is 258 g/mol. The van der Waals surface area contributed by atoms with Crippen molar-refractivity contribution < 1.29 is 0 Å². The summed E-state index contributed by atoms with van der Waals surface area (Å²) >= 11 is 0. The first-order valence-corrected chi connectivity index (χ1v) is 7.35. The third-order valence-electron chi connectivity index (χ3n) is 4.06. The molecule has 3 nitrogen and oxygen atoms in total. The van der Waals surface area contributed by atoms with Crippen LogP contribution in [0.5, 0.6) is 0 Å². The first-order chi connectivity index (χ1) is 10.1. The monoisotopic (exact) mass is 279 g/mol. The van der Waals surface area contributed by atoms with E-state index in [1.165, 1.54) is 22.3 Å². The summed E-state index contributed by atoms with van der Waals surface area (Å²) in [5, 5.41) is 3.32. The molecule has 0 amide bonds. The van der Waals surface area contributed by atoms with Crippen molar-refractivity contribution in [3.8, 4) is 0 Å². The normalized spacial score (nSPS) is 21.5. The van der Waals surface area contributed by atoms with Crippen LogP contribution in [0.15, 0.2) is 53.5 Å². The van der Waals surface area contributed by atoms with Gasteiger partial charge in [0, 0.05) is 0 Å². The highest BCUT2D eigenvalue weighted by atomic mass is 15.1. The molecule has 21 heavy (non-hydrogen) atoms. The van der Waals surface area contributed by atoms with Gasteiger partial charge in [0.1, 0.15) is 0 Å². The van der Waals surface area contributed by atoms with Crippen LogP contribution in [0.2, 0.25) is 0 Å². The maximum atomic E-state index is 6.01. The van der Waals surface area contributed by atoms with Crippen molar-refractivity contribution in [2.24, 2.45) is 10.7 Å². The Kier molecular flexibility index (Phi) is 3.65. The van der Waals surface area contributed by atoms with Crippen LogP contribution in [0.1, 0.15) is 40.8 Å². The van der Waals surface area contributed by atoms with Gasteiger partial charge in [-0.05, 0) is 37.0 Å². The molecule has 0 bridgehead atoms. The molecule has 1 aliphatic rings. The summed E-state index contributed by atoms with van der Waals surface area (Å²) in [5.41, 5.74) is 11.1. The highest BCUT2D eigenvalue weighted by Gasteiger charge is 2.25. The Bertz CT molecular complexity index is 661. The van der Waals surface area contributed by atoms with Gasteiger partial charge in [0.05, 0.1) is 12.1 Å². The van der Waals surface area contributed by atoms with Gasteiger partial charge in [0.25, 0.3) is 0 Å². The van der Waals surface area contributed by atoms with Crippen molar-refractivity contribution in [1.82, 2.24) is 5.32 Å². The number of rotatable bonds is 2. The molecule has 0 fully saturated rings. The molecule has 0 aromatic heterocycles. The van der Waals surface area contributed by atoms with E-state index in [9.17, 15) is 0 Å². The number of hydrogen-bond donors (Lipinski definition) is 2. The van der Waals surface area contributed by atoms with Crippen LogP contribution in [0.25, 0.3) is 0 Å². The van der Waals surface area contributed by atoms with Crippen LogP contribution < -0.4 is 11.1 Å². The summed E-state index contributed by atoms with van der Waals surface area (Å²) in [6.07, 6.45) is 0.925. The summed E-state index contributed by atoms with van der Waals surface area (Å²) in [4.78, 5) is 4.56. The van der Waals surface area contributed by atoms with Crippen molar-refractivity contribution >= 4 is 5.96 Å². The molecule has 1 heterocycles. The van der Waals surface area contributed by atoms with Crippen LogP contribution in [-0.4, -0.2) is 5.96 Å². The zero-order chi connectivity index (χ0) is 14.8. The van der Waals surface area contributed by atoms with Gasteiger partial charge in [-0.3, -0.25) is 0 Å². The van der Waals surface area contributed by atoms with Gasteiger partial charge >= 0.3 is 0 Å². The fraction of sp³-hybridized carbons (Fsp3) is 0.278. The average Bonchev–Trinajstić information content (AvgIpc) is 2.47. The second-order valence-electron chi connectivity index (χ2n) is 5.73. The Balaban J connectivity index is 1.91. The number of nitrogens with two attached hydrogens (primary N) is 1. The Morgan fingerprint density at radius 3 is 2.57 bits per heavy atom. The minimum atomic E-state index is 0.123. The number of hydrogen-bond acceptors (Lipinski definition) is 3. The predicted molar refractivity (Wildman–Crippen MR) is 87.2 cm³/mol. The Morgan fingerprint density at radius 1 is 1.10 bits per heavy atom. The SMILES string of the molecule is Cc1ccc(C2CC(c3ccccc3)N=C(N)N2)c(C)c1. The Labute approximate surface area is 125 Å².